The van der Waals surface area contributed by atoms with Crippen molar-refractivity contribution in [3.63, 3.8) is 0 Å². The second-order valence-corrected chi connectivity index (χ2v) is 1.43. The summed E-state index contributed by atoms with van der Waals surface area (Å²) in [6.07, 6.45) is -1.01. The van der Waals surface area contributed by atoms with Gasteiger partial charge >= 0.3 is 6.09 Å². The van der Waals surface area contributed by atoms with E-state index in [2.05, 4.69) is 0 Å². The van der Waals surface area contributed by atoms with Crippen molar-refractivity contribution in [2.24, 2.45) is 0 Å². The molecule has 0 rings (SSSR count). The number of nitrogens with zero attached hydrogens (tertiary/aromatic N) is 1. The summed E-state index contributed by atoms with van der Waals surface area (Å²) in [5, 5.41) is 16.3. The van der Waals surface area contributed by atoms with Crippen LogP contribution in [0.25, 0.3) is 0 Å². The largest absolute Gasteiger partial charge is 0.465 e. The molecule has 4 heteroatoms. The zero-order valence-corrected chi connectivity index (χ0v) is 6.66. The number of carbonyl (C=O) groups is 1. The summed E-state index contributed by atoms with van der Waals surface area (Å²) < 4.78 is 0. The maximum atomic E-state index is 9.90. The van der Waals surface area contributed by atoms with E-state index >= 15 is 0 Å². The Morgan fingerprint density at radius 1 is 1.50 bits per heavy atom. The Balaban J connectivity index is 0. The molecule has 0 aromatic heterocycles. The van der Waals surface area contributed by atoms with Crippen molar-refractivity contribution in [2.75, 3.05) is 20.2 Å². The van der Waals surface area contributed by atoms with E-state index in [4.69, 9.17) is 10.2 Å². The van der Waals surface area contributed by atoms with E-state index in [-0.39, 0.29) is 13.2 Å². The molecule has 0 aromatic carbocycles. The normalized spacial score (nSPS) is 7.60. The van der Waals surface area contributed by atoms with Crippen molar-refractivity contribution < 1.29 is 15.0 Å². The van der Waals surface area contributed by atoms with E-state index < -0.39 is 6.09 Å². The van der Waals surface area contributed by atoms with E-state index in [0.29, 0.717) is 0 Å². The number of hydrogen-bond acceptors (Lipinski definition) is 2. The lowest BCUT2D eigenvalue weighted by molar-refractivity contribution is 0.144. The van der Waals surface area contributed by atoms with Crippen LogP contribution in [-0.2, 0) is 0 Å². The standard InChI is InChI=1S/C4H9NO3.C2H6/c1-5(2-3-6)4(7)8;1-2/h6H,2-3H2,1H3,(H,7,8);1-2H3. The predicted octanol–water partition coefficient (Wildman–Crippen LogP) is 0.615. The van der Waals surface area contributed by atoms with Gasteiger partial charge in [0.15, 0.2) is 0 Å². The average Bonchev–Trinajstić information content (AvgIpc) is 1.93. The zero-order chi connectivity index (χ0) is 8.57. The Labute approximate surface area is 61.1 Å². The maximum absolute atomic E-state index is 9.90. The van der Waals surface area contributed by atoms with Gasteiger partial charge in [0, 0.05) is 13.6 Å². The number of likely N-dealkylation sites (N-methyl/N-ethyl adjacent to an activating group) is 1. The predicted molar refractivity (Wildman–Crippen MR) is 39.1 cm³/mol. The third-order valence-electron chi connectivity index (χ3n) is 0.762. The molecule has 0 radical (unpaired) electrons. The van der Waals surface area contributed by atoms with Gasteiger partial charge in [0.2, 0.25) is 0 Å². The lowest BCUT2D eigenvalue weighted by Crippen LogP contribution is -2.27. The second kappa shape index (κ2) is 8.23. The van der Waals surface area contributed by atoms with Gasteiger partial charge in [-0.15, -0.1) is 0 Å². The molecule has 2 N–H and O–H groups in total. The fourth-order valence-electron chi connectivity index (χ4n) is 0.246. The summed E-state index contributed by atoms with van der Waals surface area (Å²) in [7, 11) is 1.40. The second-order valence-electron chi connectivity index (χ2n) is 1.43. The van der Waals surface area contributed by atoms with Crippen LogP contribution in [0.15, 0.2) is 0 Å². The number of aliphatic hydroxyl groups excluding tert-OH is 1. The van der Waals surface area contributed by atoms with E-state index in [1.807, 2.05) is 13.8 Å². The molecule has 10 heavy (non-hydrogen) atoms. The van der Waals surface area contributed by atoms with Crippen molar-refractivity contribution in [1.82, 2.24) is 4.90 Å². The van der Waals surface area contributed by atoms with Crippen LogP contribution in [0.1, 0.15) is 13.8 Å². The van der Waals surface area contributed by atoms with Gasteiger partial charge in [-0.05, 0) is 0 Å². The molecule has 0 heterocycles. The highest BCUT2D eigenvalue weighted by atomic mass is 16.4. The number of rotatable bonds is 2. The maximum Gasteiger partial charge on any atom is 0.407 e. The van der Waals surface area contributed by atoms with Gasteiger partial charge in [-0.25, -0.2) is 4.79 Å². The average molecular weight is 149 g/mol. The highest BCUT2D eigenvalue weighted by molar-refractivity contribution is 5.64. The molecule has 0 saturated carbocycles. The van der Waals surface area contributed by atoms with Gasteiger partial charge in [-0.2, -0.15) is 0 Å². The minimum absolute atomic E-state index is 0.122. The zero-order valence-electron chi connectivity index (χ0n) is 6.66. The SMILES string of the molecule is CC.CN(CCO)C(=O)O. The Hall–Kier alpha value is -0.770. The molecule has 0 aromatic rings. The van der Waals surface area contributed by atoms with Crippen LogP contribution in [-0.4, -0.2) is 41.4 Å². The van der Waals surface area contributed by atoms with E-state index in [0.717, 1.165) is 4.90 Å². The van der Waals surface area contributed by atoms with Crippen molar-refractivity contribution in [1.29, 1.82) is 0 Å². The lowest BCUT2D eigenvalue weighted by Gasteiger charge is -2.08. The monoisotopic (exact) mass is 149 g/mol. The summed E-state index contributed by atoms with van der Waals surface area (Å²) in [4.78, 5) is 10.9. The molecular formula is C6H15NO3. The molecule has 0 atom stereocenters. The number of amides is 1. The highest BCUT2D eigenvalue weighted by Crippen LogP contribution is 1.79. The summed E-state index contributed by atoms with van der Waals surface area (Å²) in [6, 6.07) is 0. The Bertz CT molecular complexity index is 85.1. The third kappa shape index (κ3) is 7.23. The van der Waals surface area contributed by atoms with Gasteiger partial charge in [0.1, 0.15) is 0 Å². The van der Waals surface area contributed by atoms with Gasteiger partial charge in [0.05, 0.1) is 6.61 Å². The van der Waals surface area contributed by atoms with E-state index in [1.54, 1.807) is 0 Å². The molecular weight excluding hydrogens is 134 g/mol. The molecule has 0 saturated heterocycles. The Morgan fingerprint density at radius 3 is 2.00 bits per heavy atom. The van der Waals surface area contributed by atoms with Crippen molar-refractivity contribution in [3.8, 4) is 0 Å². The molecule has 0 aliphatic heterocycles. The minimum Gasteiger partial charge on any atom is -0.465 e. The molecule has 62 valence electrons. The topological polar surface area (TPSA) is 60.8 Å². The van der Waals surface area contributed by atoms with Crippen LogP contribution in [0, 0.1) is 0 Å². The first kappa shape index (κ1) is 12.0. The first-order chi connectivity index (χ1) is 4.68. The highest BCUT2D eigenvalue weighted by Gasteiger charge is 2.00. The fraction of sp³-hybridized carbons (Fsp3) is 0.833. The molecule has 0 fully saturated rings. The molecule has 0 bridgehead atoms. The Kier molecular flexibility index (Phi) is 9.84. The lowest BCUT2D eigenvalue weighted by atomic mass is 10.6. The molecule has 0 aliphatic carbocycles. The minimum atomic E-state index is -1.01. The number of hydrogen-bond donors (Lipinski definition) is 2. The van der Waals surface area contributed by atoms with Gasteiger partial charge in [-0.1, -0.05) is 13.8 Å². The van der Waals surface area contributed by atoms with Gasteiger partial charge < -0.3 is 15.1 Å². The Morgan fingerprint density at radius 2 is 1.90 bits per heavy atom. The first-order valence-corrected chi connectivity index (χ1v) is 3.23. The smallest absolute Gasteiger partial charge is 0.407 e. The third-order valence-corrected chi connectivity index (χ3v) is 0.762. The number of carboxylic acid groups (broad SMARTS) is 1. The molecule has 1 amide bonds. The quantitative estimate of drug-likeness (QED) is 0.605. The van der Waals surface area contributed by atoms with Crippen molar-refractivity contribution >= 4 is 6.09 Å². The van der Waals surface area contributed by atoms with E-state index in [1.165, 1.54) is 7.05 Å². The summed E-state index contributed by atoms with van der Waals surface area (Å²) in [5.74, 6) is 0. The van der Waals surface area contributed by atoms with Crippen LogP contribution >= 0.6 is 0 Å². The van der Waals surface area contributed by atoms with Crippen LogP contribution < -0.4 is 0 Å². The number of aliphatic hydroxyl groups is 1. The molecule has 0 aliphatic rings. The van der Waals surface area contributed by atoms with Gasteiger partial charge in [0.25, 0.3) is 0 Å². The summed E-state index contributed by atoms with van der Waals surface area (Å²) in [5.41, 5.74) is 0. The summed E-state index contributed by atoms with van der Waals surface area (Å²) in [6.45, 7) is 4.05. The molecule has 4 nitrogen and oxygen atoms in total. The summed E-state index contributed by atoms with van der Waals surface area (Å²) >= 11 is 0. The van der Waals surface area contributed by atoms with Crippen LogP contribution in [0.2, 0.25) is 0 Å². The van der Waals surface area contributed by atoms with E-state index in [9.17, 15) is 4.79 Å². The van der Waals surface area contributed by atoms with Crippen LogP contribution in [0.4, 0.5) is 4.79 Å². The van der Waals surface area contributed by atoms with Gasteiger partial charge in [-0.3, -0.25) is 0 Å². The van der Waals surface area contributed by atoms with Crippen molar-refractivity contribution in [3.05, 3.63) is 0 Å². The first-order valence-electron chi connectivity index (χ1n) is 3.23. The van der Waals surface area contributed by atoms with Crippen LogP contribution in [0.3, 0.4) is 0 Å². The van der Waals surface area contributed by atoms with Crippen molar-refractivity contribution in [2.45, 2.75) is 13.8 Å². The molecule has 0 unspecified atom stereocenters. The fourth-order valence-corrected chi connectivity index (χ4v) is 0.246. The molecule has 0 spiro atoms. The van der Waals surface area contributed by atoms with Crippen LogP contribution in [0.5, 0.6) is 0 Å².